The van der Waals surface area contributed by atoms with Crippen molar-refractivity contribution in [1.29, 1.82) is 0 Å². The highest BCUT2D eigenvalue weighted by molar-refractivity contribution is 6.31. The molecule has 0 amide bonds. The van der Waals surface area contributed by atoms with Crippen molar-refractivity contribution in [2.45, 2.75) is 19.5 Å². The maximum atomic E-state index is 8.53. The van der Waals surface area contributed by atoms with Crippen LogP contribution in [0.4, 0.5) is 0 Å². The third-order valence-electron chi connectivity index (χ3n) is 2.44. The van der Waals surface area contributed by atoms with E-state index < -0.39 is 0 Å². The molecule has 5 nitrogen and oxygen atoms in total. The molecule has 0 aliphatic rings. The number of oxime groups is 1. The summed E-state index contributed by atoms with van der Waals surface area (Å²) in [5, 5.41) is 15.2. The van der Waals surface area contributed by atoms with Gasteiger partial charge in [-0.2, -0.15) is 0 Å². The summed E-state index contributed by atoms with van der Waals surface area (Å²) in [5.74, 6) is 0.827. The number of amidine groups is 1. The molecule has 0 aromatic heterocycles. The van der Waals surface area contributed by atoms with Gasteiger partial charge in [0.05, 0.1) is 13.2 Å². The molecule has 0 spiro atoms. The van der Waals surface area contributed by atoms with Crippen LogP contribution in [0.25, 0.3) is 0 Å². The fraction of sp³-hybridized carbons (Fsp3) is 0.364. The van der Waals surface area contributed by atoms with Crippen LogP contribution >= 0.6 is 11.6 Å². The summed E-state index contributed by atoms with van der Waals surface area (Å²) in [4.78, 5) is 0. The number of benzene rings is 1. The first-order chi connectivity index (χ1) is 8.10. The van der Waals surface area contributed by atoms with Gasteiger partial charge in [-0.1, -0.05) is 22.8 Å². The Morgan fingerprint density at radius 2 is 2.35 bits per heavy atom. The van der Waals surface area contributed by atoms with E-state index >= 15 is 0 Å². The number of halogens is 1. The lowest BCUT2D eigenvalue weighted by Gasteiger charge is -2.15. The lowest BCUT2D eigenvalue weighted by Crippen LogP contribution is -2.38. The van der Waals surface area contributed by atoms with Crippen LogP contribution in [0.5, 0.6) is 5.75 Å². The number of methoxy groups -OCH3 is 1. The normalized spacial score (nSPS) is 13.5. The van der Waals surface area contributed by atoms with Gasteiger partial charge in [-0.25, -0.2) is 0 Å². The molecular weight excluding hydrogens is 242 g/mol. The van der Waals surface area contributed by atoms with Crippen LogP contribution in [0.15, 0.2) is 23.4 Å². The highest BCUT2D eigenvalue weighted by atomic mass is 35.5. The molecular formula is C11H16ClN3O2. The standard InChI is InChI=1S/C11H16ClN3O2/c1-7(11(13)15-16)14-6-8-9(12)4-3-5-10(8)17-2/h3-5,7,14,16H,6H2,1-2H3,(H2,13,15). The largest absolute Gasteiger partial charge is 0.496 e. The molecule has 0 fully saturated rings. The Hall–Kier alpha value is -1.46. The lowest BCUT2D eigenvalue weighted by molar-refractivity contribution is 0.315. The van der Waals surface area contributed by atoms with Crippen LogP contribution < -0.4 is 15.8 Å². The number of nitrogens with two attached hydrogens (primary N) is 1. The van der Waals surface area contributed by atoms with Crippen molar-refractivity contribution in [3.05, 3.63) is 28.8 Å². The van der Waals surface area contributed by atoms with E-state index in [4.69, 9.17) is 27.3 Å². The molecule has 1 aromatic rings. The second kappa shape index (κ2) is 6.32. The maximum Gasteiger partial charge on any atom is 0.156 e. The first-order valence-electron chi connectivity index (χ1n) is 5.12. The number of ether oxygens (including phenoxy) is 1. The monoisotopic (exact) mass is 257 g/mol. The van der Waals surface area contributed by atoms with Gasteiger partial charge in [-0.05, 0) is 19.1 Å². The topological polar surface area (TPSA) is 79.9 Å². The Bertz CT molecular complexity index is 410. The van der Waals surface area contributed by atoms with Gasteiger partial charge in [0, 0.05) is 17.1 Å². The zero-order valence-corrected chi connectivity index (χ0v) is 10.5. The van der Waals surface area contributed by atoms with Crippen molar-refractivity contribution in [3.63, 3.8) is 0 Å². The number of nitrogens with zero attached hydrogens (tertiary/aromatic N) is 1. The van der Waals surface area contributed by atoms with Crippen LogP contribution in [0.1, 0.15) is 12.5 Å². The first kappa shape index (κ1) is 13.6. The van der Waals surface area contributed by atoms with Crippen molar-refractivity contribution >= 4 is 17.4 Å². The molecule has 94 valence electrons. The molecule has 1 aromatic carbocycles. The van der Waals surface area contributed by atoms with Crippen LogP contribution in [-0.2, 0) is 6.54 Å². The minimum atomic E-state index is -0.249. The van der Waals surface area contributed by atoms with E-state index in [-0.39, 0.29) is 11.9 Å². The third kappa shape index (κ3) is 3.51. The van der Waals surface area contributed by atoms with Crippen LogP contribution in [0.2, 0.25) is 5.02 Å². The Balaban J connectivity index is 2.75. The fourth-order valence-corrected chi connectivity index (χ4v) is 1.58. The highest BCUT2D eigenvalue weighted by Gasteiger charge is 2.11. The maximum absolute atomic E-state index is 8.53. The van der Waals surface area contributed by atoms with E-state index in [1.165, 1.54) is 0 Å². The molecule has 0 radical (unpaired) electrons. The van der Waals surface area contributed by atoms with Gasteiger partial charge in [0.15, 0.2) is 5.84 Å². The quantitative estimate of drug-likeness (QED) is 0.324. The second-order valence-corrected chi connectivity index (χ2v) is 3.96. The number of hydrogen-bond acceptors (Lipinski definition) is 4. The lowest BCUT2D eigenvalue weighted by atomic mass is 10.2. The van der Waals surface area contributed by atoms with Crippen molar-refractivity contribution in [1.82, 2.24) is 5.32 Å². The summed E-state index contributed by atoms with van der Waals surface area (Å²) < 4.78 is 5.21. The third-order valence-corrected chi connectivity index (χ3v) is 2.79. The highest BCUT2D eigenvalue weighted by Crippen LogP contribution is 2.25. The summed E-state index contributed by atoms with van der Waals surface area (Å²) >= 11 is 6.07. The SMILES string of the molecule is COc1cccc(Cl)c1CNC(C)/C(N)=N/O. The first-order valence-corrected chi connectivity index (χ1v) is 5.50. The fourth-order valence-electron chi connectivity index (χ4n) is 1.35. The van der Waals surface area contributed by atoms with Crippen LogP contribution in [0, 0.1) is 0 Å². The Kier molecular flexibility index (Phi) is 5.06. The van der Waals surface area contributed by atoms with Crippen LogP contribution in [0.3, 0.4) is 0 Å². The number of rotatable bonds is 5. The summed E-state index contributed by atoms with van der Waals surface area (Å²) in [6.45, 7) is 2.26. The number of hydrogen-bond donors (Lipinski definition) is 3. The summed E-state index contributed by atoms with van der Waals surface area (Å²) in [6.07, 6.45) is 0. The molecule has 6 heteroatoms. The minimum Gasteiger partial charge on any atom is -0.496 e. The smallest absolute Gasteiger partial charge is 0.156 e. The van der Waals surface area contributed by atoms with E-state index in [2.05, 4.69) is 10.5 Å². The van der Waals surface area contributed by atoms with E-state index in [1.807, 2.05) is 12.1 Å². The Labute approximate surface area is 105 Å². The van der Waals surface area contributed by atoms with Gasteiger partial charge in [-0.3, -0.25) is 0 Å². The summed E-state index contributed by atoms with van der Waals surface area (Å²) in [6, 6.07) is 5.19. The van der Waals surface area contributed by atoms with Gasteiger partial charge in [-0.15, -0.1) is 0 Å². The molecule has 0 saturated carbocycles. The molecule has 17 heavy (non-hydrogen) atoms. The number of nitrogens with one attached hydrogen (secondary N) is 1. The van der Waals surface area contributed by atoms with Crippen molar-refractivity contribution in [3.8, 4) is 5.75 Å². The molecule has 0 heterocycles. The van der Waals surface area contributed by atoms with E-state index in [0.29, 0.717) is 17.3 Å². The molecule has 0 bridgehead atoms. The molecule has 0 aliphatic carbocycles. The van der Waals surface area contributed by atoms with Crippen molar-refractivity contribution < 1.29 is 9.94 Å². The zero-order chi connectivity index (χ0) is 12.8. The van der Waals surface area contributed by atoms with E-state index in [1.54, 1.807) is 20.1 Å². The molecule has 0 saturated heterocycles. The minimum absolute atomic E-state index is 0.121. The Morgan fingerprint density at radius 1 is 1.65 bits per heavy atom. The predicted molar refractivity (Wildman–Crippen MR) is 67.7 cm³/mol. The van der Waals surface area contributed by atoms with E-state index in [0.717, 1.165) is 5.56 Å². The zero-order valence-electron chi connectivity index (χ0n) is 9.77. The summed E-state index contributed by atoms with van der Waals surface area (Å²) in [7, 11) is 1.59. The van der Waals surface area contributed by atoms with Gasteiger partial charge < -0.3 is 21.0 Å². The average molecular weight is 258 g/mol. The van der Waals surface area contributed by atoms with Gasteiger partial charge in [0.1, 0.15) is 5.75 Å². The summed E-state index contributed by atoms with van der Waals surface area (Å²) in [5.41, 5.74) is 6.30. The van der Waals surface area contributed by atoms with Gasteiger partial charge >= 0.3 is 0 Å². The Morgan fingerprint density at radius 3 is 2.94 bits per heavy atom. The van der Waals surface area contributed by atoms with Gasteiger partial charge in [0.2, 0.25) is 0 Å². The second-order valence-electron chi connectivity index (χ2n) is 3.55. The van der Waals surface area contributed by atoms with Gasteiger partial charge in [0.25, 0.3) is 0 Å². The molecule has 1 atom stereocenters. The van der Waals surface area contributed by atoms with Crippen molar-refractivity contribution in [2.75, 3.05) is 7.11 Å². The molecule has 1 rings (SSSR count). The average Bonchev–Trinajstić information content (AvgIpc) is 2.35. The molecule has 1 unspecified atom stereocenters. The van der Waals surface area contributed by atoms with Crippen molar-refractivity contribution in [2.24, 2.45) is 10.9 Å². The van der Waals surface area contributed by atoms with Crippen LogP contribution in [-0.4, -0.2) is 24.2 Å². The molecule has 0 aliphatic heterocycles. The molecule has 4 N–H and O–H groups in total. The van der Waals surface area contributed by atoms with E-state index in [9.17, 15) is 0 Å². The predicted octanol–water partition coefficient (Wildman–Crippen LogP) is 1.57.